The Morgan fingerprint density at radius 2 is 1.52 bits per heavy atom. The maximum absolute atomic E-state index is 15.0. The number of halogens is 2. The summed E-state index contributed by atoms with van der Waals surface area (Å²) in [6, 6.07) is 33.5. The minimum atomic E-state index is -2.53. The lowest BCUT2D eigenvalue weighted by molar-refractivity contribution is -0.128. The molecule has 4 aromatic rings. The number of hydrogen-bond donors (Lipinski definition) is 1. The molecule has 0 spiro atoms. The van der Waals surface area contributed by atoms with Crippen molar-refractivity contribution in [3.05, 3.63) is 135 Å². The second kappa shape index (κ2) is 16.0. The maximum atomic E-state index is 15.0. The Morgan fingerprint density at radius 3 is 2.19 bits per heavy atom. The number of hydrogen-bond acceptors (Lipinski definition) is 4. The van der Waals surface area contributed by atoms with E-state index < -0.39 is 14.4 Å². The Kier molecular flexibility index (Phi) is 11.7. The summed E-state index contributed by atoms with van der Waals surface area (Å²) in [5.41, 5.74) is 6.29. The zero-order chi connectivity index (χ0) is 37.0. The van der Waals surface area contributed by atoms with Crippen molar-refractivity contribution >= 4 is 49.1 Å². The first-order valence-corrected chi connectivity index (χ1v) is 21.8. The molecule has 1 heterocycles. The molecule has 9 heteroatoms. The third-order valence-corrected chi connectivity index (χ3v) is 15.4. The number of nitrogens with zero attached hydrogens (tertiary/aromatic N) is 2. The Morgan fingerprint density at radius 1 is 0.885 bits per heavy atom. The molecule has 0 aromatic heterocycles. The molecule has 2 aliphatic rings. The summed E-state index contributed by atoms with van der Waals surface area (Å²) < 4.78 is 5.95. The van der Waals surface area contributed by atoms with Crippen molar-refractivity contribution in [1.29, 1.82) is 0 Å². The van der Waals surface area contributed by atoms with Crippen LogP contribution in [0.4, 0.5) is 4.79 Å². The van der Waals surface area contributed by atoms with Gasteiger partial charge in [-0.25, -0.2) is 4.79 Å². The Labute approximate surface area is 319 Å². The van der Waals surface area contributed by atoms with E-state index in [4.69, 9.17) is 27.9 Å². The molecule has 1 saturated carbocycles. The highest BCUT2D eigenvalue weighted by Gasteiger charge is 2.43. The number of amides is 2. The molecule has 6 nitrogen and oxygen atoms in total. The maximum Gasteiger partial charge on any atom is 0.410 e. The SMILES string of the molecule is CC(C)(CCC1CC(c2cccc(-c3ccccc3)c2)=C(C(=O)N(Cc2cccc(Cl)c2Cl)C2CC2)CN1C(=O)OCc1ccccc1)[Si](C)(C)O. The molecule has 1 unspecified atom stereocenters. The van der Waals surface area contributed by atoms with Crippen molar-refractivity contribution in [3.63, 3.8) is 0 Å². The van der Waals surface area contributed by atoms with E-state index in [9.17, 15) is 9.59 Å². The van der Waals surface area contributed by atoms with Gasteiger partial charge in [-0.3, -0.25) is 4.79 Å². The normalized spacial score (nSPS) is 16.5. The summed E-state index contributed by atoms with van der Waals surface area (Å²) in [7, 11) is -2.53. The lowest BCUT2D eigenvalue weighted by atomic mass is 9.85. The summed E-state index contributed by atoms with van der Waals surface area (Å²) in [6.45, 7) is 8.72. The molecular formula is C43H48Cl2N2O4Si. The van der Waals surface area contributed by atoms with Crippen molar-refractivity contribution in [2.75, 3.05) is 6.54 Å². The fraction of sp³-hybridized carbons (Fsp3) is 0.349. The quantitative estimate of drug-likeness (QED) is 0.146. The smallest absolute Gasteiger partial charge is 0.410 e. The monoisotopic (exact) mass is 754 g/mol. The fourth-order valence-electron chi connectivity index (χ4n) is 6.76. The highest BCUT2D eigenvalue weighted by molar-refractivity contribution is 6.72. The molecule has 2 amide bonds. The number of carbonyl (C=O) groups is 2. The van der Waals surface area contributed by atoms with E-state index in [-0.39, 0.29) is 36.2 Å². The first kappa shape index (κ1) is 37.9. The molecule has 1 aliphatic heterocycles. The first-order valence-electron chi connectivity index (χ1n) is 18.1. The Bertz CT molecular complexity index is 1920. The second-order valence-electron chi connectivity index (χ2n) is 15.3. The molecule has 0 radical (unpaired) electrons. The molecule has 6 rings (SSSR count). The number of ether oxygens (including phenoxy) is 1. The number of benzene rings is 4. The van der Waals surface area contributed by atoms with E-state index in [2.05, 4.69) is 44.2 Å². The zero-order valence-electron chi connectivity index (χ0n) is 30.4. The van der Waals surface area contributed by atoms with Gasteiger partial charge in [-0.1, -0.05) is 128 Å². The van der Waals surface area contributed by atoms with Crippen molar-refractivity contribution in [3.8, 4) is 11.1 Å². The van der Waals surface area contributed by atoms with Crippen LogP contribution in [0.25, 0.3) is 16.7 Å². The van der Waals surface area contributed by atoms with Crippen LogP contribution >= 0.6 is 23.2 Å². The van der Waals surface area contributed by atoms with E-state index in [0.717, 1.165) is 52.7 Å². The molecule has 1 fully saturated rings. The summed E-state index contributed by atoms with van der Waals surface area (Å²) in [5.74, 6) is -0.109. The van der Waals surface area contributed by atoms with Crippen LogP contribution in [0.5, 0.6) is 0 Å². The van der Waals surface area contributed by atoms with E-state index in [1.54, 1.807) is 11.0 Å². The lowest BCUT2D eigenvalue weighted by Gasteiger charge is -2.41. The molecule has 4 aromatic carbocycles. The molecule has 52 heavy (non-hydrogen) atoms. The topological polar surface area (TPSA) is 70.1 Å². The largest absolute Gasteiger partial charge is 0.445 e. The number of carbonyl (C=O) groups excluding carboxylic acids is 2. The van der Waals surface area contributed by atoms with Gasteiger partial charge in [0.1, 0.15) is 6.61 Å². The van der Waals surface area contributed by atoms with Gasteiger partial charge in [0.05, 0.1) is 16.6 Å². The van der Waals surface area contributed by atoms with Crippen molar-refractivity contribution in [2.45, 2.75) is 89.3 Å². The Hall–Kier alpha value is -3.88. The van der Waals surface area contributed by atoms with Gasteiger partial charge < -0.3 is 19.3 Å². The molecule has 1 aliphatic carbocycles. The van der Waals surface area contributed by atoms with E-state index in [1.165, 1.54) is 0 Å². The van der Waals surface area contributed by atoms with Crippen LogP contribution in [0.3, 0.4) is 0 Å². The standard InChI is InChI=1S/C43H48Cl2N2O4Si/c1-43(2,52(3,4)50)24-23-36-26-37(33-18-11-17-32(25-33)31-15-9-6-10-16-31)38(28-47(36)42(49)51-29-30-13-7-5-8-14-30)41(48)46(35-21-22-35)27-34-19-12-20-39(44)40(34)45/h5-20,25,35-36,50H,21-24,26-29H2,1-4H3. The van der Waals surface area contributed by atoms with Crippen LogP contribution in [0.15, 0.2) is 109 Å². The average molecular weight is 756 g/mol. The minimum absolute atomic E-state index is 0.0701. The second-order valence-corrected chi connectivity index (χ2v) is 20.5. The van der Waals surface area contributed by atoms with Gasteiger partial charge in [0.2, 0.25) is 0 Å². The van der Waals surface area contributed by atoms with Crippen LogP contribution in [0.1, 0.15) is 62.6 Å². The summed E-state index contributed by atoms with van der Waals surface area (Å²) in [5, 5.41) is 0.601. The van der Waals surface area contributed by atoms with Gasteiger partial charge >= 0.3 is 6.09 Å². The molecule has 0 bridgehead atoms. The molecule has 1 N–H and O–H groups in total. The van der Waals surface area contributed by atoms with Gasteiger partial charge in [-0.2, -0.15) is 0 Å². The van der Waals surface area contributed by atoms with Gasteiger partial charge in [-0.05, 0) is 95.8 Å². The zero-order valence-corrected chi connectivity index (χ0v) is 33.0. The highest BCUT2D eigenvalue weighted by atomic mass is 35.5. The molecular weight excluding hydrogens is 707 g/mol. The van der Waals surface area contributed by atoms with E-state index >= 15 is 4.79 Å². The highest BCUT2D eigenvalue weighted by Crippen LogP contribution is 2.44. The molecule has 272 valence electrons. The number of rotatable bonds is 12. The third kappa shape index (κ3) is 8.83. The van der Waals surface area contributed by atoms with Crippen LogP contribution in [0.2, 0.25) is 28.2 Å². The average Bonchev–Trinajstić information content (AvgIpc) is 3.99. The predicted molar refractivity (Wildman–Crippen MR) is 214 cm³/mol. The van der Waals surface area contributed by atoms with Crippen molar-refractivity contribution in [1.82, 2.24) is 9.80 Å². The van der Waals surface area contributed by atoms with Gasteiger partial charge in [0, 0.05) is 24.2 Å². The van der Waals surface area contributed by atoms with Crippen LogP contribution in [-0.2, 0) is 22.7 Å². The van der Waals surface area contributed by atoms with E-state index in [1.807, 2.05) is 84.7 Å². The fourth-order valence-corrected chi connectivity index (χ4v) is 7.89. The lowest BCUT2D eigenvalue weighted by Crippen LogP contribution is -2.49. The van der Waals surface area contributed by atoms with Gasteiger partial charge in [0.15, 0.2) is 8.32 Å². The van der Waals surface area contributed by atoms with Gasteiger partial charge in [-0.15, -0.1) is 0 Å². The summed E-state index contributed by atoms with van der Waals surface area (Å²) in [6.07, 6.45) is 3.19. The molecule has 0 saturated heterocycles. The predicted octanol–water partition coefficient (Wildman–Crippen LogP) is 10.8. The van der Waals surface area contributed by atoms with Crippen LogP contribution < -0.4 is 0 Å². The van der Waals surface area contributed by atoms with Crippen molar-refractivity contribution in [2.24, 2.45) is 0 Å². The van der Waals surface area contributed by atoms with Gasteiger partial charge in [0.25, 0.3) is 5.91 Å². The summed E-state index contributed by atoms with van der Waals surface area (Å²) in [4.78, 5) is 44.0. The summed E-state index contributed by atoms with van der Waals surface area (Å²) >= 11 is 13.1. The van der Waals surface area contributed by atoms with E-state index in [0.29, 0.717) is 35.0 Å². The van der Waals surface area contributed by atoms with Crippen molar-refractivity contribution < 1.29 is 19.1 Å². The minimum Gasteiger partial charge on any atom is -0.445 e. The van der Waals surface area contributed by atoms with Crippen LogP contribution in [-0.4, -0.2) is 53.5 Å². The third-order valence-electron chi connectivity index (χ3n) is 11.0. The first-order chi connectivity index (χ1) is 24.8. The van der Waals surface area contributed by atoms with Crippen LogP contribution in [0, 0.1) is 0 Å². The molecule has 1 atom stereocenters. The Balaban J connectivity index is 1.42.